The van der Waals surface area contributed by atoms with Crippen LogP contribution in [0.15, 0.2) is 59.9 Å². The van der Waals surface area contributed by atoms with Crippen LogP contribution in [-0.2, 0) is 10.0 Å². The Labute approximate surface area is 206 Å². The van der Waals surface area contributed by atoms with Gasteiger partial charge < -0.3 is 10.2 Å². The van der Waals surface area contributed by atoms with Crippen LogP contribution in [0.2, 0.25) is 0 Å². The average Bonchev–Trinajstić information content (AvgIpc) is 3.40. The first-order chi connectivity index (χ1) is 16.8. The van der Waals surface area contributed by atoms with Crippen LogP contribution < -0.4 is 10.2 Å². The van der Waals surface area contributed by atoms with E-state index in [9.17, 15) is 13.2 Å². The minimum Gasteiger partial charge on any atom is -0.371 e. The van der Waals surface area contributed by atoms with Gasteiger partial charge in [0.25, 0.3) is 5.91 Å². The number of amides is 1. The maximum atomic E-state index is 13.5. The number of nitrogens with zero attached hydrogens (tertiary/aromatic N) is 5. The fourth-order valence-electron chi connectivity index (χ4n) is 4.29. The molecule has 35 heavy (non-hydrogen) atoms. The first-order valence-corrected chi connectivity index (χ1v) is 13.4. The highest BCUT2D eigenvalue weighted by Crippen LogP contribution is 2.30. The van der Waals surface area contributed by atoms with Crippen molar-refractivity contribution in [3.63, 3.8) is 0 Å². The molecule has 3 heterocycles. The van der Waals surface area contributed by atoms with E-state index in [2.05, 4.69) is 27.2 Å². The molecule has 0 radical (unpaired) electrons. The standard InChI is InChI=1S/C25H32N6O3S/c1-4-30(5-2)35(33,34)21-8-9-23(29-15-11-19(3)12-16-29)22(17-21)25(32)28-20-7-10-24(26-18-20)31-14-6-13-27-31/h6-10,13-14,17-19H,4-5,11-12,15-16H2,1-3H3,(H,28,32). The fourth-order valence-corrected chi connectivity index (χ4v) is 5.78. The Balaban J connectivity index is 1.66. The Morgan fingerprint density at radius 3 is 2.49 bits per heavy atom. The topological polar surface area (TPSA) is 100 Å². The van der Waals surface area contributed by atoms with Gasteiger partial charge in [0.15, 0.2) is 5.82 Å². The first-order valence-electron chi connectivity index (χ1n) is 12.0. The van der Waals surface area contributed by atoms with E-state index in [1.165, 1.54) is 10.4 Å². The lowest BCUT2D eigenvalue weighted by molar-refractivity contribution is 0.102. The molecule has 1 aliphatic heterocycles. The molecule has 0 saturated carbocycles. The molecule has 0 unspecified atom stereocenters. The molecule has 0 atom stereocenters. The van der Waals surface area contributed by atoms with Crippen molar-refractivity contribution in [1.29, 1.82) is 0 Å². The number of piperidine rings is 1. The van der Waals surface area contributed by atoms with Crippen molar-refractivity contribution in [2.24, 2.45) is 5.92 Å². The number of hydrogen-bond acceptors (Lipinski definition) is 6. The van der Waals surface area contributed by atoms with Crippen molar-refractivity contribution in [2.75, 3.05) is 36.4 Å². The van der Waals surface area contributed by atoms with Gasteiger partial charge in [-0.25, -0.2) is 18.1 Å². The molecule has 1 fully saturated rings. The summed E-state index contributed by atoms with van der Waals surface area (Å²) < 4.78 is 29.4. The second kappa shape index (κ2) is 10.6. The highest BCUT2D eigenvalue weighted by molar-refractivity contribution is 7.89. The number of benzene rings is 1. The number of sulfonamides is 1. The van der Waals surface area contributed by atoms with Gasteiger partial charge in [0, 0.05) is 44.3 Å². The third kappa shape index (κ3) is 5.38. The molecule has 1 saturated heterocycles. The van der Waals surface area contributed by atoms with Crippen LogP contribution in [0.25, 0.3) is 5.82 Å². The predicted octanol–water partition coefficient (Wildman–Crippen LogP) is 3.79. The number of pyridine rings is 1. The molecule has 1 amide bonds. The maximum Gasteiger partial charge on any atom is 0.257 e. The third-order valence-corrected chi connectivity index (χ3v) is 8.47. The van der Waals surface area contributed by atoms with E-state index >= 15 is 0 Å². The number of aromatic nitrogens is 3. The Bertz CT molecular complexity index is 1250. The Morgan fingerprint density at radius 2 is 1.89 bits per heavy atom. The van der Waals surface area contributed by atoms with Gasteiger partial charge in [0.1, 0.15) is 0 Å². The largest absolute Gasteiger partial charge is 0.371 e. The minimum absolute atomic E-state index is 0.118. The van der Waals surface area contributed by atoms with E-state index in [0.717, 1.165) is 31.6 Å². The molecule has 4 rings (SSSR count). The lowest BCUT2D eigenvalue weighted by atomic mass is 9.98. The van der Waals surface area contributed by atoms with E-state index < -0.39 is 10.0 Å². The molecule has 0 bridgehead atoms. The van der Waals surface area contributed by atoms with Crippen molar-refractivity contribution >= 4 is 27.3 Å². The van der Waals surface area contributed by atoms with Crippen molar-refractivity contribution in [3.8, 4) is 5.82 Å². The van der Waals surface area contributed by atoms with Crippen LogP contribution in [-0.4, -0.2) is 59.6 Å². The summed E-state index contributed by atoms with van der Waals surface area (Å²) >= 11 is 0. The summed E-state index contributed by atoms with van der Waals surface area (Å²) in [6.07, 6.45) is 7.07. The molecule has 0 spiro atoms. The Hall–Kier alpha value is -3.24. The van der Waals surface area contributed by atoms with E-state index in [0.29, 0.717) is 36.1 Å². The summed E-state index contributed by atoms with van der Waals surface area (Å²) in [5, 5.41) is 7.04. The molecule has 1 aromatic carbocycles. The average molecular weight is 497 g/mol. The number of carbonyl (C=O) groups excluding carboxylic acids is 1. The molecule has 10 heteroatoms. The molecule has 0 aliphatic carbocycles. The van der Waals surface area contributed by atoms with Crippen LogP contribution in [0.5, 0.6) is 0 Å². The van der Waals surface area contributed by atoms with E-state index in [4.69, 9.17) is 0 Å². The van der Waals surface area contributed by atoms with Gasteiger partial charge in [0.2, 0.25) is 10.0 Å². The number of hydrogen-bond donors (Lipinski definition) is 1. The number of carbonyl (C=O) groups is 1. The quantitative estimate of drug-likeness (QED) is 0.509. The van der Waals surface area contributed by atoms with E-state index in [-0.39, 0.29) is 10.8 Å². The molecule has 1 aliphatic rings. The summed E-state index contributed by atoms with van der Waals surface area (Å²) in [7, 11) is -3.70. The minimum atomic E-state index is -3.70. The number of nitrogens with one attached hydrogen (secondary N) is 1. The van der Waals surface area contributed by atoms with Crippen LogP contribution >= 0.6 is 0 Å². The normalized spacial score (nSPS) is 14.9. The zero-order chi connectivity index (χ0) is 25.0. The zero-order valence-electron chi connectivity index (χ0n) is 20.4. The molecule has 9 nitrogen and oxygen atoms in total. The van der Waals surface area contributed by atoms with Crippen LogP contribution in [0.3, 0.4) is 0 Å². The Kier molecular flexibility index (Phi) is 7.51. The van der Waals surface area contributed by atoms with Gasteiger partial charge in [-0.2, -0.15) is 9.40 Å². The molecule has 3 aromatic rings. The van der Waals surface area contributed by atoms with Crippen LogP contribution in [0, 0.1) is 5.92 Å². The summed E-state index contributed by atoms with van der Waals surface area (Å²) in [5.41, 5.74) is 1.60. The van der Waals surface area contributed by atoms with Crippen LogP contribution in [0.1, 0.15) is 44.0 Å². The van der Waals surface area contributed by atoms with Crippen LogP contribution in [0.4, 0.5) is 11.4 Å². The highest BCUT2D eigenvalue weighted by atomic mass is 32.2. The highest BCUT2D eigenvalue weighted by Gasteiger charge is 2.27. The van der Waals surface area contributed by atoms with Crippen molar-refractivity contribution in [3.05, 3.63) is 60.6 Å². The lowest BCUT2D eigenvalue weighted by Gasteiger charge is -2.33. The predicted molar refractivity (Wildman–Crippen MR) is 136 cm³/mol. The Morgan fingerprint density at radius 1 is 1.14 bits per heavy atom. The van der Waals surface area contributed by atoms with Gasteiger partial charge in [-0.3, -0.25) is 4.79 Å². The zero-order valence-corrected chi connectivity index (χ0v) is 21.2. The number of rotatable bonds is 8. The summed E-state index contributed by atoms with van der Waals surface area (Å²) in [4.78, 5) is 20.1. The summed E-state index contributed by atoms with van der Waals surface area (Å²) in [5.74, 6) is 0.887. The molecular formula is C25H32N6O3S. The summed E-state index contributed by atoms with van der Waals surface area (Å²) in [6, 6.07) is 10.2. The maximum absolute atomic E-state index is 13.5. The van der Waals surface area contributed by atoms with Gasteiger partial charge in [-0.1, -0.05) is 20.8 Å². The monoisotopic (exact) mass is 496 g/mol. The van der Waals surface area contributed by atoms with Crippen molar-refractivity contribution in [1.82, 2.24) is 19.1 Å². The fraction of sp³-hybridized carbons (Fsp3) is 0.400. The lowest BCUT2D eigenvalue weighted by Crippen LogP contribution is -2.35. The third-order valence-electron chi connectivity index (χ3n) is 6.43. The van der Waals surface area contributed by atoms with Crippen molar-refractivity contribution in [2.45, 2.75) is 38.5 Å². The SMILES string of the molecule is CCN(CC)S(=O)(=O)c1ccc(N2CCC(C)CC2)c(C(=O)Nc2ccc(-n3cccn3)nc2)c1. The molecular weight excluding hydrogens is 464 g/mol. The first kappa shape index (κ1) is 24.9. The second-order valence-corrected chi connectivity index (χ2v) is 10.7. The van der Waals surface area contributed by atoms with Gasteiger partial charge in [-0.05, 0) is 55.2 Å². The molecule has 1 N–H and O–H groups in total. The van der Waals surface area contributed by atoms with Gasteiger partial charge >= 0.3 is 0 Å². The second-order valence-electron chi connectivity index (χ2n) is 8.75. The number of anilines is 2. The van der Waals surface area contributed by atoms with Gasteiger partial charge in [0.05, 0.1) is 22.3 Å². The summed E-state index contributed by atoms with van der Waals surface area (Å²) in [6.45, 7) is 8.20. The van der Waals surface area contributed by atoms with Crippen molar-refractivity contribution < 1.29 is 13.2 Å². The van der Waals surface area contributed by atoms with E-state index in [1.807, 2.05) is 0 Å². The van der Waals surface area contributed by atoms with Gasteiger partial charge in [-0.15, -0.1) is 0 Å². The smallest absolute Gasteiger partial charge is 0.257 e. The van der Waals surface area contributed by atoms with E-state index in [1.54, 1.807) is 67.5 Å². The molecule has 186 valence electrons. The molecule has 2 aromatic heterocycles.